The zero-order valence-corrected chi connectivity index (χ0v) is 18.6. The van der Waals surface area contributed by atoms with Gasteiger partial charge in [0.15, 0.2) is 5.96 Å². The Morgan fingerprint density at radius 2 is 1.73 bits per heavy atom. The normalized spacial score (nSPS) is 18.6. The molecule has 0 radical (unpaired) electrons. The standard InChI is InChI=1S/C23H37N5O2/c1-3-24-23(28-14-11-21(12-15-28)30-4-2)25-13-10-22(29)27-18-16-26(17-19-27)20-8-6-5-7-9-20/h5-9,21H,3-4,10-19H2,1-2H3,(H,24,25). The maximum absolute atomic E-state index is 12.7. The van der Waals surface area contributed by atoms with E-state index in [-0.39, 0.29) is 5.91 Å². The van der Waals surface area contributed by atoms with Gasteiger partial charge in [-0.1, -0.05) is 18.2 Å². The fraction of sp³-hybridized carbons (Fsp3) is 0.652. The van der Waals surface area contributed by atoms with Gasteiger partial charge in [-0.25, -0.2) is 0 Å². The number of benzene rings is 1. The smallest absolute Gasteiger partial charge is 0.224 e. The molecule has 2 saturated heterocycles. The SMILES string of the molecule is CCNC(=NCCC(=O)N1CCN(c2ccccc2)CC1)N1CCC(OCC)CC1. The van der Waals surface area contributed by atoms with Crippen LogP contribution >= 0.6 is 0 Å². The lowest BCUT2D eigenvalue weighted by molar-refractivity contribution is -0.131. The fourth-order valence-corrected chi connectivity index (χ4v) is 4.16. The van der Waals surface area contributed by atoms with Crippen LogP contribution in [0.25, 0.3) is 0 Å². The number of carbonyl (C=O) groups is 1. The van der Waals surface area contributed by atoms with Crippen molar-refractivity contribution in [1.82, 2.24) is 15.1 Å². The number of hydrogen-bond acceptors (Lipinski definition) is 4. The molecule has 0 spiro atoms. The van der Waals surface area contributed by atoms with E-state index in [0.717, 1.165) is 71.2 Å². The van der Waals surface area contributed by atoms with E-state index >= 15 is 0 Å². The highest BCUT2D eigenvalue weighted by atomic mass is 16.5. The van der Waals surface area contributed by atoms with Gasteiger partial charge < -0.3 is 24.8 Å². The van der Waals surface area contributed by atoms with E-state index in [9.17, 15) is 4.79 Å². The van der Waals surface area contributed by atoms with Crippen molar-refractivity contribution in [2.45, 2.75) is 39.2 Å². The summed E-state index contributed by atoms with van der Waals surface area (Å²) in [6.07, 6.45) is 2.90. The van der Waals surface area contributed by atoms with Gasteiger partial charge in [0.1, 0.15) is 0 Å². The molecule has 1 aromatic carbocycles. The Morgan fingerprint density at radius 3 is 2.37 bits per heavy atom. The average Bonchev–Trinajstić information content (AvgIpc) is 2.80. The first-order valence-electron chi connectivity index (χ1n) is 11.4. The van der Waals surface area contributed by atoms with Gasteiger partial charge in [0.25, 0.3) is 0 Å². The molecule has 7 heteroatoms. The summed E-state index contributed by atoms with van der Waals surface area (Å²) < 4.78 is 5.75. The van der Waals surface area contributed by atoms with Gasteiger partial charge in [0.2, 0.25) is 5.91 Å². The molecule has 0 aliphatic carbocycles. The molecule has 3 rings (SSSR count). The minimum Gasteiger partial charge on any atom is -0.378 e. The van der Waals surface area contributed by atoms with E-state index in [0.29, 0.717) is 19.1 Å². The zero-order valence-electron chi connectivity index (χ0n) is 18.6. The number of nitrogens with zero attached hydrogens (tertiary/aromatic N) is 4. The van der Waals surface area contributed by atoms with Crippen molar-refractivity contribution in [3.8, 4) is 0 Å². The third-order valence-corrected chi connectivity index (χ3v) is 5.82. The Bertz CT molecular complexity index is 665. The monoisotopic (exact) mass is 415 g/mol. The van der Waals surface area contributed by atoms with Crippen LogP contribution in [0.5, 0.6) is 0 Å². The number of ether oxygens (including phenoxy) is 1. The number of aliphatic imine (C=N–C) groups is 1. The molecule has 166 valence electrons. The number of para-hydroxylation sites is 1. The summed E-state index contributed by atoms with van der Waals surface area (Å²) in [5.41, 5.74) is 1.23. The van der Waals surface area contributed by atoms with Crippen LogP contribution in [0.15, 0.2) is 35.3 Å². The molecule has 2 heterocycles. The van der Waals surface area contributed by atoms with Crippen LogP contribution < -0.4 is 10.2 Å². The van der Waals surface area contributed by atoms with Crippen LogP contribution in [0, 0.1) is 0 Å². The highest BCUT2D eigenvalue weighted by molar-refractivity contribution is 5.81. The average molecular weight is 416 g/mol. The topological polar surface area (TPSA) is 60.4 Å². The summed E-state index contributed by atoms with van der Waals surface area (Å²) in [5, 5.41) is 3.38. The lowest BCUT2D eigenvalue weighted by Crippen LogP contribution is -2.49. The van der Waals surface area contributed by atoms with Crippen molar-refractivity contribution in [3.63, 3.8) is 0 Å². The van der Waals surface area contributed by atoms with Crippen molar-refractivity contribution >= 4 is 17.6 Å². The van der Waals surface area contributed by atoms with E-state index in [1.165, 1.54) is 5.69 Å². The number of piperidine rings is 1. The summed E-state index contributed by atoms with van der Waals surface area (Å²) in [6.45, 7) is 11.5. The van der Waals surface area contributed by atoms with E-state index in [4.69, 9.17) is 9.73 Å². The third kappa shape index (κ3) is 6.36. The fourth-order valence-electron chi connectivity index (χ4n) is 4.16. The molecule has 1 aromatic rings. The predicted octanol–water partition coefficient (Wildman–Crippen LogP) is 2.19. The minimum atomic E-state index is 0.206. The first-order chi connectivity index (χ1) is 14.7. The molecule has 0 atom stereocenters. The van der Waals surface area contributed by atoms with Crippen molar-refractivity contribution in [3.05, 3.63) is 30.3 Å². The van der Waals surface area contributed by atoms with Gasteiger partial charge in [-0.2, -0.15) is 0 Å². The second kappa shape index (κ2) is 11.8. The van der Waals surface area contributed by atoms with Gasteiger partial charge in [-0.05, 0) is 38.8 Å². The Labute approximate surface area is 181 Å². The van der Waals surface area contributed by atoms with Crippen molar-refractivity contribution in [2.75, 3.05) is 63.9 Å². The first-order valence-corrected chi connectivity index (χ1v) is 11.4. The highest BCUT2D eigenvalue weighted by Gasteiger charge is 2.23. The van der Waals surface area contributed by atoms with Crippen molar-refractivity contribution < 1.29 is 9.53 Å². The maximum atomic E-state index is 12.7. The number of rotatable bonds is 7. The van der Waals surface area contributed by atoms with Gasteiger partial charge >= 0.3 is 0 Å². The minimum absolute atomic E-state index is 0.206. The molecule has 1 N–H and O–H groups in total. The summed E-state index contributed by atoms with van der Waals surface area (Å²) in [7, 11) is 0. The molecule has 0 saturated carbocycles. The lowest BCUT2D eigenvalue weighted by Gasteiger charge is -2.36. The number of guanidine groups is 1. The van der Waals surface area contributed by atoms with E-state index < -0.39 is 0 Å². The second-order valence-corrected chi connectivity index (χ2v) is 7.83. The van der Waals surface area contributed by atoms with Gasteiger partial charge in [0, 0.05) is 64.5 Å². The van der Waals surface area contributed by atoms with E-state index in [1.807, 2.05) is 11.0 Å². The molecule has 0 unspecified atom stereocenters. The summed E-state index contributed by atoms with van der Waals surface area (Å²) in [6, 6.07) is 10.4. The Morgan fingerprint density at radius 1 is 1.03 bits per heavy atom. The van der Waals surface area contributed by atoms with Crippen LogP contribution in [0.2, 0.25) is 0 Å². The quantitative estimate of drug-likeness (QED) is 0.546. The zero-order chi connectivity index (χ0) is 21.2. The number of nitrogens with one attached hydrogen (secondary N) is 1. The molecule has 2 aliphatic rings. The highest BCUT2D eigenvalue weighted by Crippen LogP contribution is 2.16. The number of carbonyl (C=O) groups excluding carboxylic acids is 1. The summed E-state index contributed by atoms with van der Waals surface area (Å²) in [5.74, 6) is 1.13. The van der Waals surface area contributed by atoms with E-state index in [1.54, 1.807) is 0 Å². The third-order valence-electron chi connectivity index (χ3n) is 5.82. The van der Waals surface area contributed by atoms with Crippen molar-refractivity contribution in [1.29, 1.82) is 0 Å². The molecular weight excluding hydrogens is 378 g/mol. The Hall–Kier alpha value is -2.28. The molecule has 1 amide bonds. The largest absolute Gasteiger partial charge is 0.378 e. The molecule has 7 nitrogen and oxygen atoms in total. The Kier molecular flexibility index (Phi) is 8.81. The maximum Gasteiger partial charge on any atom is 0.224 e. The number of likely N-dealkylation sites (tertiary alicyclic amines) is 1. The summed E-state index contributed by atoms with van der Waals surface area (Å²) >= 11 is 0. The van der Waals surface area contributed by atoms with E-state index in [2.05, 4.69) is 53.2 Å². The van der Waals surface area contributed by atoms with Crippen LogP contribution in [-0.4, -0.2) is 86.7 Å². The Balaban J connectivity index is 1.43. The van der Waals surface area contributed by atoms with Crippen LogP contribution in [0.3, 0.4) is 0 Å². The predicted molar refractivity (Wildman–Crippen MR) is 122 cm³/mol. The summed E-state index contributed by atoms with van der Waals surface area (Å²) in [4.78, 5) is 24.0. The second-order valence-electron chi connectivity index (χ2n) is 7.83. The number of amides is 1. The lowest BCUT2D eigenvalue weighted by atomic mass is 10.1. The van der Waals surface area contributed by atoms with Crippen LogP contribution in [0.4, 0.5) is 5.69 Å². The van der Waals surface area contributed by atoms with Gasteiger partial charge in [-0.15, -0.1) is 0 Å². The van der Waals surface area contributed by atoms with Gasteiger partial charge in [0.05, 0.1) is 12.6 Å². The molecular formula is C23H37N5O2. The number of anilines is 1. The molecule has 0 bridgehead atoms. The molecule has 2 fully saturated rings. The van der Waals surface area contributed by atoms with Gasteiger partial charge in [-0.3, -0.25) is 9.79 Å². The first kappa shape index (κ1) is 22.4. The molecule has 0 aromatic heterocycles. The molecule has 2 aliphatic heterocycles. The van der Waals surface area contributed by atoms with Crippen LogP contribution in [-0.2, 0) is 9.53 Å². The molecule has 30 heavy (non-hydrogen) atoms. The van der Waals surface area contributed by atoms with Crippen molar-refractivity contribution in [2.24, 2.45) is 4.99 Å². The van der Waals surface area contributed by atoms with Crippen LogP contribution in [0.1, 0.15) is 33.1 Å². The number of piperazine rings is 1. The number of hydrogen-bond donors (Lipinski definition) is 1.